The lowest BCUT2D eigenvalue weighted by atomic mass is 10.1. The number of furan rings is 1. The molecular formula is C16H13NO3S. The molecule has 2 heterocycles. The molecule has 1 fully saturated rings. The van der Waals surface area contributed by atoms with Gasteiger partial charge in [0.2, 0.25) is 0 Å². The first-order valence-corrected chi connectivity index (χ1v) is 7.41. The predicted octanol–water partition coefficient (Wildman–Crippen LogP) is 4.08. The van der Waals surface area contributed by atoms with E-state index in [0.29, 0.717) is 16.4 Å². The topological polar surface area (TPSA) is 50.5 Å². The number of rotatable bonds is 3. The lowest BCUT2D eigenvalue weighted by Gasteiger charge is -2.12. The summed E-state index contributed by atoms with van der Waals surface area (Å²) in [5.41, 5.74) is 1.76. The summed E-state index contributed by atoms with van der Waals surface area (Å²) < 4.78 is 5.18. The van der Waals surface area contributed by atoms with E-state index in [1.807, 2.05) is 12.1 Å². The van der Waals surface area contributed by atoms with Gasteiger partial charge in [-0.3, -0.25) is 9.59 Å². The molecule has 5 heteroatoms. The molecule has 2 amide bonds. The second kappa shape index (κ2) is 5.61. The molecule has 1 aliphatic rings. The largest absolute Gasteiger partial charge is 0.465 e. The van der Waals surface area contributed by atoms with Crippen molar-refractivity contribution in [2.24, 2.45) is 0 Å². The smallest absolute Gasteiger partial charge is 0.298 e. The van der Waals surface area contributed by atoms with Crippen molar-refractivity contribution in [1.29, 1.82) is 0 Å². The highest BCUT2D eigenvalue weighted by atomic mass is 32.2. The number of aryl methyl sites for hydroxylation is 1. The van der Waals surface area contributed by atoms with E-state index in [1.165, 1.54) is 11.2 Å². The molecule has 1 aromatic heterocycles. The highest BCUT2D eigenvalue weighted by Gasteiger charge is 2.36. The van der Waals surface area contributed by atoms with Crippen LogP contribution in [0.4, 0.5) is 10.5 Å². The van der Waals surface area contributed by atoms with E-state index in [9.17, 15) is 9.59 Å². The molecule has 0 aliphatic carbocycles. The van der Waals surface area contributed by atoms with Gasteiger partial charge in [0.1, 0.15) is 5.76 Å². The van der Waals surface area contributed by atoms with Gasteiger partial charge in [-0.1, -0.05) is 19.1 Å². The number of anilines is 1. The Labute approximate surface area is 126 Å². The van der Waals surface area contributed by atoms with Gasteiger partial charge in [-0.25, -0.2) is 4.90 Å². The fourth-order valence-corrected chi connectivity index (χ4v) is 2.90. The quantitative estimate of drug-likeness (QED) is 0.801. The predicted molar refractivity (Wildman–Crippen MR) is 83.0 cm³/mol. The lowest BCUT2D eigenvalue weighted by Crippen LogP contribution is -2.27. The Kier molecular flexibility index (Phi) is 3.66. The van der Waals surface area contributed by atoms with Crippen LogP contribution in [0.5, 0.6) is 0 Å². The zero-order valence-electron chi connectivity index (χ0n) is 11.4. The SMILES string of the molecule is CCc1ccc(N2C(=O)S/C(=C/c3ccco3)C2=O)cc1. The molecule has 2 aromatic rings. The standard InChI is InChI=1S/C16H13NO3S/c1-2-11-5-7-12(8-6-11)17-15(18)14(21-16(17)19)10-13-4-3-9-20-13/h3-10H,2H2,1H3/b14-10+. The maximum Gasteiger partial charge on any atom is 0.298 e. The average Bonchev–Trinajstić information content (AvgIpc) is 3.09. The van der Waals surface area contributed by atoms with Crippen LogP contribution in [0.1, 0.15) is 18.2 Å². The maximum absolute atomic E-state index is 12.4. The summed E-state index contributed by atoms with van der Waals surface area (Å²) in [5.74, 6) is 0.243. The summed E-state index contributed by atoms with van der Waals surface area (Å²) in [6.07, 6.45) is 4.03. The van der Waals surface area contributed by atoms with Gasteiger partial charge in [0.05, 0.1) is 16.9 Å². The van der Waals surface area contributed by atoms with E-state index in [4.69, 9.17) is 4.42 Å². The fraction of sp³-hybridized carbons (Fsp3) is 0.125. The number of hydrogen-bond donors (Lipinski definition) is 0. The Morgan fingerprint density at radius 3 is 2.57 bits per heavy atom. The third-order valence-corrected chi connectivity index (χ3v) is 4.08. The normalized spacial score (nSPS) is 17.0. The molecule has 1 aliphatic heterocycles. The Morgan fingerprint density at radius 1 is 1.19 bits per heavy atom. The first kappa shape index (κ1) is 13.7. The molecule has 0 radical (unpaired) electrons. The second-order valence-electron chi connectivity index (χ2n) is 4.55. The van der Waals surface area contributed by atoms with Crippen molar-refractivity contribution in [3.8, 4) is 0 Å². The minimum absolute atomic E-state index is 0.290. The van der Waals surface area contributed by atoms with Crippen molar-refractivity contribution < 1.29 is 14.0 Å². The van der Waals surface area contributed by atoms with E-state index >= 15 is 0 Å². The zero-order chi connectivity index (χ0) is 14.8. The molecule has 1 aromatic carbocycles. The highest BCUT2D eigenvalue weighted by Crippen LogP contribution is 2.35. The highest BCUT2D eigenvalue weighted by molar-refractivity contribution is 8.19. The van der Waals surface area contributed by atoms with Crippen LogP contribution >= 0.6 is 11.8 Å². The van der Waals surface area contributed by atoms with Gasteiger partial charge in [-0.05, 0) is 48.0 Å². The molecule has 4 nitrogen and oxygen atoms in total. The van der Waals surface area contributed by atoms with Gasteiger partial charge >= 0.3 is 0 Å². The third-order valence-electron chi connectivity index (χ3n) is 3.21. The van der Waals surface area contributed by atoms with Gasteiger partial charge < -0.3 is 4.42 Å². The number of thioether (sulfide) groups is 1. The van der Waals surface area contributed by atoms with Gasteiger partial charge in [0.25, 0.3) is 11.1 Å². The summed E-state index contributed by atoms with van der Waals surface area (Å²) in [4.78, 5) is 26.0. The average molecular weight is 299 g/mol. The minimum Gasteiger partial charge on any atom is -0.465 e. The van der Waals surface area contributed by atoms with Crippen molar-refractivity contribution >= 4 is 34.7 Å². The van der Waals surface area contributed by atoms with Crippen LogP contribution in [0, 0.1) is 0 Å². The van der Waals surface area contributed by atoms with Crippen LogP contribution in [-0.4, -0.2) is 11.1 Å². The maximum atomic E-state index is 12.4. The molecule has 106 valence electrons. The van der Waals surface area contributed by atoms with E-state index < -0.39 is 0 Å². The zero-order valence-corrected chi connectivity index (χ0v) is 12.2. The molecule has 0 spiro atoms. The van der Waals surface area contributed by atoms with Crippen molar-refractivity contribution in [3.63, 3.8) is 0 Å². The Hall–Kier alpha value is -2.27. The summed E-state index contributed by atoms with van der Waals surface area (Å²) in [5, 5.41) is -0.290. The van der Waals surface area contributed by atoms with Crippen LogP contribution in [0.2, 0.25) is 0 Å². The van der Waals surface area contributed by atoms with Gasteiger partial charge in [0.15, 0.2) is 0 Å². The van der Waals surface area contributed by atoms with Crippen LogP contribution in [0.3, 0.4) is 0 Å². The molecule has 0 bridgehead atoms. The summed E-state index contributed by atoms with van der Waals surface area (Å²) in [6.45, 7) is 2.06. The number of carbonyl (C=O) groups is 2. The lowest BCUT2D eigenvalue weighted by molar-refractivity contribution is -0.113. The number of amides is 2. The monoisotopic (exact) mass is 299 g/mol. The number of carbonyl (C=O) groups excluding carboxylic acids is 2. The molecule has 0 atom stereocenters. The third kappa shape index (κ3) is 2.64. The molecule has 3 rings (SSSR count). The van der Waals surface area contributed by atoms with Crippen LogP contribution in [-0.2, 0) is 11.2 Å². The van der Waals surface area contributed by atoms with Crippen molar-refractivity contribution in [3.05, 3.63) is 58.9 Å². The van der Waals surface area contributed by atoms with Gasteiger partial charge in [-0.15, -0.1) is 0 Å². The molecule has 0 N–H and O–H groups in total. The summed E-state index contributed by atoms with van der Waals surface area (Å²) in [7, 11) is 0. The van der Waals surface area contributed by atoms with E-state index in [1.54, 1.807) is 30.3 Å². The Bertz CT molecular complexity index is 702. The molecule has 0 unspecified atom stereocenters. The molecule has 1 saturated heterocycles. The van der Waals surface area contributed by atoms with Crippen LogP contribution < -0.4 is 4.90 Å². The summed E-state index contributed by atoms with van der Waals surface area (Å²) in [6, 6.07) is 10.9. The van der Waals surface area contributed by atoms with Crippen LogP contribution in [0.25, 0.3) is 6.08 Å². The number of nitrogens with zero attached hydrogens (tertiary/aromatic N) is 1. The fourth-order valence-electron chi connectivity index (χ4n) is 2.07. The van der Waals surface area contributed by atoms with Crippen LogP contribution in [0.15, 0.2) is 52.0 Å². The second-order valence-corrected chi connectivity index (χ2v) is 5.55. The number of hydrogen-bond acceptors (Lipinski definition) is 4. The number of imide groups is 1. The first-order chi connectivity index (χ1) is 10.2. The van der Waals surface area contributed by atoms with E-state index in [2.05, 4.69) is 6.92 Å². The van der Waals surface area contributed by atoms with E-state index in [0.717, 1.165) is 23.7 Å². The Balaban J connectivity index is 1.90. The molecule has 0 saturated carbocycles. The summed E-state index contributed by atoms with van der Waals surface area (Å²) >= 11 is 0.923. The van der Waals surface area contributed by atoms with Crippen molar-refractivity contribution in [1.82, 2.24) is 0 Å². The molecular weight excluding hydrogens is 286 g/mol. The van der Waals surface area contributed by atoms with Crippen molar-refractivity contribution in [2.75, 3.05) is 4.90 Å². The first-order valence-electron chi connectivity index (χ1n) is 6.59. The van der Waals surface area contributed by atoms with Gasteiger partial charge in [-0.2, -0.15) is 0 Å². The van der Waals surface area contributed by atoms with Gasteiger partial charge in [0, 0.05) is 6.08 Å². The van der Waals surface area contributed by atoms with Crippen molar-refractivity contribution in [2.45, 2.75) is 13.3 Å². The Morgan fingerprint density at radius 2 is 1.95 bits per heavy atom. The minimum atomic E-state index is -0.314. The van der Waals surface area contributed by atoms with E-state index in [-0.39, 0.29) is 11.1 Å². The number of benzene rings is 1. The molecule has 21 heavy (non-hydrogen) atoms.